The third-order valence-electron chi connectivity index (χ3n) is 4.22. The SMILES string of the molecule is Cc1c(C(=O)c2ccc(C(C)C)cc2)[n+]([O-])c2ccccc2[n+]1[O-]. The van der Waals surface area contributed by atoms with Crippen LogP contribution in [-0.4, -0.2) is 5.78 Å². The minimum atomic E-state index is -0.451. The van der Waals surface area contributed by atoms with Crippen molar-refractivity contribution < 1.29 is 14.3 Å². The van der Waals surface area contributed by atoms with Crippen LogP contribution in [0.1, 0.15) is 47.1 Å². The quantitative estimate of drug-likeness (QED) is 0.423. The Kier molecular flexibility index (Phi) is 3.93. The molecule has 122 valence electrons. The van der Waals surface area contributed by atoms with Crippen LogP contribution in [0.2, 0.25) is 0 Å². The molecule has 0 bridgehead atoms. The van der Waals surface area contributed by atoms with E-state index in [0.717, 1.165) is 5.56 Å². The second kappa shape index (κ2) is 5.92. The van der Waals surface area contributed by atoms with Crippen molar-refractivity contribution in [3.8, 4) is 0 Å². The number of fused-ring (bicyclic) bond motifs is 1. The Balaban J connectivity index is 2.16. The van der Waals surface area contributed by atoms with Crippen LogP contribution in [0, 0.1) is 17.3 Å². The molecule has 0 N–H and O–H groups in total. The van der Waals surface area contributed by atoms with Gasteiger partial charge in [0.25, 0.3) is 22.5 Å². The molecule has 3 rings (SSSR count). The Morgan fingerprint density at radius 1 is 0.917 bits per heavy atom. The summed E-state index contributed by atoms with van der Waals surface area (Å²) >= 11 is 0. The molecule has 5 heteroatoms. The lowest BCUT2D eigenvalue weighted by Gasteiger charge is -2.11. The molecule has 0 atom stereocenters. The minimum absolute atomic E-state index is 0.0987. The number of aromatic nitrogens is 2. The van der Waals surface area contributed by atoms with Gasteiger partial charge in [-0.1, -0.05) is 50.2 Å². The van der Waals surface area contributed by atoms with Crippen molar-refractivity contribution in [1.29, 1.82) is 0 Å². The Hall–Kier alpha value is -2.95. The summed E-state index contributed by atoms with van der Waals surface area (Å²) in [6.07, 6.45) is 0. The molecule has 0 aliphatic rings. The fraction of sp³-hybridized carbons (Fsp3) is 0.211. The van der Waals surface area contributed by atoms with Crippen LogP contribution in [0.5, 0.6) is 0 Å². The highest BCUT2D eigenvalue weighted by Crippen LogP contribution is 2.17. The first kappa shape index (κ1) is 15.9. The first-order valence-electron chi connectivity index (χ1n) is 7.81. The lowest BCUT2D eigenvalue weighted by Crippen LogP contribution is -2.46. The second-order valence-corrected chi connectivity index (χ2v) is 6.12. The van der Waals surface area contributed by atoms with Gasteiger partial charge in [0.2, 0.25) is 0 Å². The lowest BCUT2D eigenvalue weighted by atomic mass is 9.99. The summed E-state index contributed by atoms with van der Waals surface area (Å²) in [5.41, 5.74) is 1.89. The highest BCUT2D eigenvalue weighted by atomic mass is 16.5. The fourth-order valence-electron chi connectivity index (χ4n) is 2.76. The number of nitrogens with zero attached hydrogens (tertiary/aromatic N) is 2. The van der Waals surface area contributed by atoms with Gasteiger partial charge in [0, 0.05) is 24.6 Å². The maximum Gasteiger partial charge on any atom is 0.333 e. The molecule has 3 aromatic rings. The smallest absolute Gasteiger partial charge is 0.333 e. The zero-order valence-electron chi connectivity index (χ0n) is 13.8. The molecule has 0 unspecified atom stereocenters. The average Bonchev–Trinajstić information content (AvgIpc) is 2.60. The van der Waals surface area contributed by atoms with E-state index in [1.165, 1.54) is 13.0 Å². The van der Waals surface area contributed by atoms with Crippen LogP contribution in [0.25, 0.3) is 11.0 Å². The van der Waals surface area contributed by atoms with E-state index in [4.69, 9.17) is 0 Å². The maximum absolute atomic E-state index is 12.8. The zero-order chi connectivity index (χ0) is 17.4. The van der Waals surface area contributed by atoms with E-state index in [9.17, 15) is 15.2 Å². The van der Waals surface area contributed by atoms with E-state index >= 15 is 0 Å². The van der Waals surface area contributed by atoms with Crippen LogP contribution in [-0.2, 0) is 0 Å². The first-order chi connectivity index (χ1) is 11.4. The molecular formula is C19H18N2O3. The molecule has 5 nitrogen and oxygen atoms in total. The van der Waals surface area contributed by atoms with Gasteiger partial charge in [-0.05, 0) is 11.5 Å². The molecule has 0 radical (unpaired) electrons. The van der Waals surface area contributed by atoms with Crippen molar-refractivity contribution in [3.05, 3.63) is 81.5 Å². The number of carbonyl (C=O) groups excluding carboxylic acids is 1. The molecule has 0 aliphatic carbocycles. The molecule has 0 spiro atoms. The normalized spacial score (nSPS) is 11.2. The maximum atomic E-state index is 12.8. The van der Waals surface area contributed by atoms with Crippen LogP contribution in [0.4, 0.5) is 0 Å². The molecule has 24 heavy (non-hydrogen) atoms. The predicted molar refractivity (Wildman–Crippen MR) is 90.6 cm³/mol. The van der Waals surface area contributed by atoms with E-state index in [1.54, 1.807) is 30.3 Å². The topological polar surface area (TPSA) is 71.0 Å². The van der Waals surface area contributed by atoms with Gasteiger partial charge in [-0.2, -0.15) is 9.46 Å². The average molecular weight is 322 g/mol. The highest BCUT2D eigenvalue weighted by molar-refractivity contribution is 6.07. The van der Waals surface area contributed by atoms with Crippen LogP contribution in [0.3, 0.4) is 0 Å². The molecule has 0 amide bonds. The molecular weight excluding hydrogens is 304 g/mol. The standard InChI is InChI=1S/C19H18N2O3/c1-12(2)14-8-10-15(11-9-14)19(22)18-13(3)20(23)16-6-4-5-7-17(16)21(18)24/h4-12H,1-3H3. The Morgan fingerprint density at radius 2 is 1.46 bits per heavy atom. The Morgan fingerprint density at radius 3 is 2.00 bits per heavy atom. The van der Waals surface area contributed by atoms with Gasteiger partial charge >= 0.3 is 5.69 Å². The van der Waals surface area contributed by atoms with Crippen LogP contribution >= 0.6 is 0 Å². The second-order valence-electron chi connectivity index (χ2n) is 6.12. The van der Waals surface area contributed by atoms with Gasteiger partial charge in [-0.25, -0.2) is 0 Å². The van der Waals surface area contributed by atoms with E-state index in [-0.39, 0.29) is 22.4 Å². The van der Waals surface area contributed by atoms with E-state index in [0.29, 0.717) is 20.9 Å². The largest absolute Gasteiger partial charge is 0.618 e. The molecule has 1 aromatic heterocycles. The van der Waals surface area contributed by atoms with Crippen LogP contribution < -0.4 is 9.46 Å². The summed E-state index contributed by atoms with van der Waals surface area (Å²) in [6.45, 7) is 5.62. The van der Waals surface area contributed by atoms with Crippen LogP contribution in [0.15, 0.2) is 48.5 Å². The predicted octanol–water partition coefficient (Wildman–Crippen LogP) is 2.77. The van der Waals surface area contributed by atoms with Crippen molar-refractivity contribution in [2.45, 2.75) is 26.7 Å². The van der Waals surface area contributed by atoms with E-state index in [2.05, 4.69) is 13.8 Å². The molecule has 1 heterocycles. The van der Waals surface area contributed by atoms with Gasteiger partial charge in [0.15, 0.2) is 0 Å². The number of benzene rings is 2. The molecule has 0 saturated carbocycles. The van der Waals surface area contributed by atoms with Gasteiger partial charge in [0.1, 0.15) is 0 Å². The number of hydrogen-bond donors (Lipinski definition) is 0. The third kappa shape index (κ3) is 2.48. The molecule has 0 saturated heterocycles. The van der Waals surface area contributed by atoms with Gasteiger partial charge < -0.3 is 10.4 Å². The number of carbonyl (C=O) groups is 1. The summed E-state index contributed by atoms with van der Waals surface area (Å²) in [7, 11) is 0. The fourth-order valence-corrected chi connectivity index (χ4v) is 2.76. The summed E-state index contributed by atoms with van der Waals surface area (Å²) < 4.78 is 1.19. The molecule has 0 aliphatic heterocycles. The third-order valence-corrected chi connectivity index (χ3v) is 4.22. The zero-order valence-corrected chi connectivity index (χ0v) is 13.8. The number of hydrogen-bond acceptors (Lipinski definition) is 3. The van der Waals surface area contributed by atoms with E-state index in [1.807, 2.05) is 12.1 Å². The highest BCUT2D eigenvalue weighted by Gasteiger charge is 2.31. The molecule has 2 aromatic carbocycles. The summed E-state index contributed by atoms with van der Waals surface area (Å²) in [5, 5.41) is 25.0. The summed E-state index contributed by atoms with van der Waals surface area (Å²) in [6, 6.07) is 13.6. The van der Waals surface area contributed by atoms with Gasteiger partial charge in [-0.3, -0.25) is 4.79 Å². The molecule has 0 fully saturated rings. The number of rotatable bonds is 3. The van der Waals surface area contributed by atoms with Gasteiger partial charge in [0.05, 0.1) is 0 Å². The first-order valence-corrected chi connectivity index (χ1v) is 7.81. The van der Waals surface area contributed by atoms with E-state index < -0.39 is 5.78 Å². The summed E-state index contributed by atoms with van der Waals surface area (Å²) in [4.78, 5) is 12.8. The van der Waals surface area contributed by atoms with Crippen molar-refractivity contribution >= 4 is 16.8 Å². The Bertz CT molecular complexity index is 931. The van der Waals surface area contributed by atoms with Crippen molar-refractivity contribution in [2.75, 3.05) is 0 Å². The summed E-state index contributed by atoms with van der Waals surface area (Å²) in [5.74, 6) is -0.0991. The van der Waals surface area contributed by atoms with Crippen molar-refractivity contribution in [2.24, 2.45) is 0 Å². The number of para-hydroxylation sites is 2. The Labute approximate surface area is 140 Å². The number of ketones is 1. The lowest BCUT2D eigenvalue weighted by molar-refractivity contribution is -0.635. The monoisotopic (exact) mass is 322 g/mol. The van der Waals surface area contributed by atoms with Crippen molar-refractivity contribution in [1.82, 2.24) is 0 Å². The van der Waals surface area contributed by atoms with Gasteiger partial charge in [-0.15, -0.1) is 0 Å². The minimum Gasteiger partial charge on any atom is -0.618 e. The van der Waals surface area contributed by atoms with Crippen molar-refractivity contribution in [3.63, 3.8) is 0 Å².